The van der Waals surface area contributed by atoms with Crippen LogP contribution in [0.3, 0.4) is 0 Å². The predicted molar refractivity (Wildman–Crippen MR) is 384 cm³/mol. The Labute approximate surface area is 534 Å². The van der Waals surface area contributed by atoms with E-state index in [2.05, 4.69) is 162 Å². The van der Waals surface area contributed by atoms with Crippen molar-refractivity contribution in [2.45, 2.75) is 52.1 Å². The lowest BCUT2D eigenvalue weighted by Gasteiger charge is -2.20. The third kappa shape index (κ3) is 8.73. The van der Waals surface area contributed by atoms with Gasteiger partial charge in [-0.1, -0.05) is 147 Å². The number of hydrogen-bond acceptors (Lipinski definition) is 5. The van der Waals surface area contributed by atoms with E-state index < -0.39 is 17.1 Å². The second-order valence-corrected chi connectivity index (χ2v) is 26.0. The first kappa shape index (κ1) is 56.1. The average Bonchev–Trinajstić information content (AvgIpc) is 1.25. The zero-order chi connectivity index (χ0) is 63.1. The van der Waals surface area contributed by atoms with Crippen LogP contribution >= 0.6 is 11.3 Å². The molecule has 450 valence electrons. The number of nitrogens with zero attached hydrogens (tertiary/aromatic N) is 4. The minimum Gasteiger partial charge on any atom is -0.343 e. The molecular weight excluding hydrogens is 1170 g/mol. The van der Waals surface area contributed by atoms with E-state index in [1.54, 1.807) is 35.1 Å². The summed E-state index contributed by atoms with van der Waals surface area (Å²) in [5.41, 5.74) is 10.9. The zero-order valence-corrected chi connectivity index (χ0v) is 52.1. The van der Waals surface area contributed by atoms with E-state index in [1.165, 1.54) is 0 Å². The highest BCUT2D eigenvalue weighted by Gasteiger charge is 2.23. The molecule has 12 aromatic carbocycles. The Kier molecular flexibility index (Phi) is 13.1. The van der Waals surface area contributed by atoms with E-state index in [0.29, 0.717) is 73.9 Å². The number of halogens is 2. The zero-order valence-electron chi connectivity index (χ0n) is 51.2. The third-order valence-corrected chi connectivity index (χ3v) is 20.9. The normalized spacial score (nSPS) is 12.2. The van der Waals surface area contributed by atoms with Gasteiger partial charge in [0.05, 0.1) is 49.5 Å². The smallest absolute Gasteiger partial charge is 0.200 e. The molecule has 11 heteroatoms. The molecule has 0 bridgehead atoms. The number of unbranched alkanes of at least 4 members (excludes halogenated alkanes) is 2. The van der Waals surface area contributed by atoms with Crippen LogP contribution in [0.4, 0.5) is 8.78 Å². The minimum atomic E-state index is -0.936. The standard InChI is InChI=1S/C82H58F2N4O4S/c1-4-5-35-87-68-33-28-49(55-24-14-19-46-16-6-8-21-53(46)55)37-60(68)79(90)64-45-73-65(44-72(64)87)80(91)61-38-50(56-25-15-20-47-17-7-9-22-54(47)56)29-34-69(61)88(73)36-13-12-18-48-27-31-58-57-23-10-11-26-75(57)93-82(58)76(48)51-30-32-67-59(39-51)78(89)62-42-71-63(43-70(62)85(67)2)81(92)77-66(84)40-52(83)41-74(77)86(71)3/h6-11,14-17,19-34,37-45H,4-5,12-13,18,35-36H2,1-3H3. The molecule has 5 heterocycles. The first-order valence-corrected chi connectivity index (χ1v) is 32.6. The Morgan fingerprint density at radius 3 is 1.48 bits per heavy atom. The topological polar surface area (TPSA) is 88.0 Å². The van der Waals surface area contributed by atoms with E-state index in [0.717, 1.165) is 135 Å². The number of rotatable bonds is 11. The van der Waals surface area contributed by atoms with E-state index in [-0.39, 0.29) is 32.6 Å². The Hall–Kier alpha value is -10.9. The van der Waals surface area contributed by atoms with Crippen LogP contribution in [0, 0.1) is 11.6 Å². The summed E-state index contributed by atoms with van der Waals surface area (Å²) in [7, 11) is 3.52. The summed E-state index contributed by atoms with van der Waals surface area (Å²) in [6.07, 6.45) is 4.01. The summed E-state index contributed by atoms with van der Waals surface area (Å²) in [5, 5.41) is 10.0. The highest BCUT2D eigenvalue weighted by Crippen LogP contribution is 2.44. The van der Waals surface area contributed by atoms with Crippen LogP contribution in [0.5, 0.6) is 0 Å². The van der Waals surface area contributed by atoms with Crippen LogP contribution < -0.4 is 21.7 Å². The van der Waals surface area contributed by atoms with Gasteiger partial charge in [0.2, 0.25) is 0 Å². The monoisotopic (exact) mass is 1230 g/mol. The maximum absolute atomic E-state index is 15.5. The van der Waals surface area contributed by atoms with Crippen molar-refractivity contribution in [3.05, 3.63) is 270 Å². The molecule has 0 spiro atoms. The van der Waals surface area contributed by atoms with Crippen LogP contribution in [0.25, 0.3) is 162 Å². The summed E-state index contributed by atoms with van der Waals surface area (Å²) in [4.78, 5) is 60.0. The van der Waals surface area contributed by atoms with Crippen LogP contribution in [-0.4, -0.2) is 18.3 Å². The van der Waals surface area contributed by atoms with Gasteiger partial charge in [0.25, 0.3) is 0 Å². The first-order chi connectivity index (χ1) is 45.4. The molecule has 0 fully saturated rings. The lowest BCUT2D eigenvalue weighted by atomic mass is 9.92. The van der Waals surface area contributed by atoms with E-state index in [9.17, 15) is 9.18 Å². The van der Waals surface area contributed by atoms with Crippen LogP contribution in [0.2, 0.25) is 0 Å². The van der Waals surface area contributed by atoms with Crippen molar-refractivity contribution in [1.82, 2.24) is 18.3 Å². The lowest BCUT2D eigenvalue weighted by Crippen LogP contribution is -2.16. The number of hydrogen-bond donors (Lipinski definition) is 0. The predicted octanol–water partition coefficient (Wildman–Crippen LogP) is 19.4. The lowest BCUT2D eigenvalue weighted by molar-refractivity contribution is 0.590. The molecule has 17 aromatic rings. The van der Waals surface area contributed by atoms with Crippen molar-refractivity contribution < 1.29 is 8.78 Å². The Balaban J connectivity index is 0.806. The molecule has 0 aliphatic carbocycles. The highest BCUT2D eigenvalue weighted by molar-refractivity contribution is 7.26. The fraction of sp³-hybridized carbons (Fsp3) is 0.122. The van der Waals surface area contributed by atoms with Crippen molar-refractivity contribution in [2.75, 3.05) is 0 Å². The molecular formula is C82H58F2N4O4S. The highest BCUT2D eigenvalue weighted by atomic mass is 32.1. The van der Waals surface area contributed by atoms with Gasteiger partial charge < -0.3 is 18.3 Å². The molecule has 0 saturated heterocycles. The fourth-order valence-electron chi connectivity index (χ4n) is 15.1. The quantitative estimate of drug-likeness (QED) is 0.0953. The second kappa shape index (κ2) is 21.6. The van der Waals surface area contributed by atoms with Crippen LogP contribution in [0.15, 0.2) is 232 Å². The maximum Gasteiger partial charge on any atom is 0.200 e. The van der Waals surface area contributed by atoms with Crippen molar-refractivity contribution in [2.24, 2.45) is 14.1 Å². The summed E-state index contributed by atoms with van der Waals surface area (Å²) in [5.74, 6) is -1.74. The van der Waals surface area contributed by atoms with E-state index in [4.69, 9.17) is 0 Å². The van der Waals surface area contributed by atoms with Gasteiger partial charge in [-0.3, -0.25) is 19.2 Å². The van der Waals surface area contributed by atoms with Gasteiger partial charge >= 0.3 is 0 Å². The van der Waals surface area contributed by atoms with Gasteiger partial charge in [0.1, 0.15) is 11.6 Å². The molecule has 17 rings (SSSR count). The Morgan fingerprint density at radius 1 is 0.376 bits per heavy atom. The fourth-order valence-corrected chi connectivity index (χ4v) is 16.4. The number of aryl methyl sites for hydroxylation is 5. The van der Waals surface area contributed by atoms with Gasteiger partial charge in [-0.15, -0.1) is 11.3 Å². The molecule has 0 aliphatic heterocycles. The van der Waals surface area contributed by atoms with Crippen molar-refractivity contribution in [3.63, 3.8) is 0 Å². The average molecular weight is 1230 g/mol. The molecule has 0 radical (unpaired) electrons. The van der Waals surface area contributed by atoms with Crippen molar-refractivity contribution in [3.8, 4) is 33.4 Å². The summed E-state index contributed by atoms with van der Waals surface area (Å²) in [6, 6.07) is 69.9. The number of aromatic nitrogens is 4. The molecule has 0 N–H and O–H groups in total. The largest absolute Gasteiger partial charge is 0.343 e. The molecule has 0 amide bonds. The van der Waals surface area contributed by atoms with E-state index >= 15 is 18.8 Å². The number of fused-ring (bicyclic) bond motifs is 13. The van der Waals surface area contributed by atoms with Crippen LogP contribution in [-0.2, 0) is 33.6 Å². The van der Waals surface area contributed by atoms with Gasteiger partial charge in [-0.25, -0.2) is 8.78 Å². The third-order valence-electron chi connectivity index (χ3n) is 19.7. The SMILES string of the molecule is CCCCn1c2ccc(-c3cccc4ccccc34)cc2c(=O)c2cc3c(cc21)c(=O)c1cc(-c2cccc4ccccc24)ccc1n3CCCCc1ccc2c(sc3ccccc32)c1-c1ccc2c(c1)c(=O)c1cc3c(cc1n2C)c(=O)c1c(F)cc(F)cc1n3C. The molecule has 0 unspecified atom stereocenters. The van der Waals surface area contributed by atoms with Gasteiger partial charge in [0, 0.05) is 96.7 Å². The molecule has 0 aliphatic rings. The van der Waals surface area contributed by atoms with Crippen LogP contribution in [0.1, 0.15) is 38.2 Å². The molecule has 0 saturated carbocycles. The number of pyridine rings is 4. The second-order valence-electron chi connectivity index (χ2n) is 24.9. The first-order valence-electron chi connectivity index (χ1n) is 31.8. The van der Waals surface area contributed by atoms with Gasteiger partial charge in [-0.2, -0.15) is 0 Å². The summed E-state index contributed by atoms with van der Waals surface area (Å²) >= 11 is 1.74. The van der Waals surface area contributed by atoms with Gasteiger partial charge in [0.15, 0.2) is 21.7 Å². The molecule has 5 aromatic heterocycles. The van der Waals surface area contributed by atoms with Crippen molar-refractivity contribution in [1.29, 1.82) is 0 Å². The Bertz CT molecular complexity index is 6400. The molecule has 0 atom stereocenters. The number of benzene rings is 12. The Morgan fingerprint density at radius 2 is 0.860 bits per heavy atom. The number of thiophene rings is 1. The molecule has 93 heavy (non-hydrogen) atoms. The molecule has 8 nitrogen and oxygen atoms in total. The maximum atomic E-state index is 15.5. The summed E-state index contributed by atoms with van der Waals surface area (Å²) < 4.78 is 40.2. The van der Waals surface area contributed by atoms with Crippen molar-refractivity contribution >= 4 is 140 Å². The summed E-state index contributed by atoms with van der Waals surface area (Å²) in [6.45, 7) is 3.39. The van der Waals surface area contributed by atoms with E-state index in [1.807, 2.05) is 54.1 Å². The minimum absolute atomic E-state index is 0.0733. The van der Waals surface area contributed by atoms with Gasteiger partial charge in [-0.05, 0) is 153 Å².